The van der Waals surface area contributed by atoms with Crippen LogP contribution in [0.25, 0.3) is 0 Å². The van der Waals surface area contributed by atoms with Gasteiger partial charge in [0.1, 0.15) is 17.9 Å². The second kappa shape index (κ2) is 13.4. The van der Waals surface area contributed by atoms with Crippen molar-refractivity contribution in [1.29, 1.82) is 0 Å². The van der Waals surface area contributed by atoms with Crippen LogP contribution in [0.2, 0.25) is 0 Å². The number of benzene rings is 2. The van der Waals surface area contributed by atoms with Crippen molar-refractivity contribution < 1.29 is 9.53 Å². The maximum atomic E-state index is 12.5. The number of hydrogen-bond donors (Lipinski definition) is 2. The largest absolute Gasteiger partial charge is 0.492 e. The van der Waals surface area contributed by atoms with Gasteiger partial charge in [0.25, 0.3) is 0 Å². The second-order valence-corrected chi connectivity index (χ2v) is 6.77. The number of ether oxygens (including phenoxy) is 1. The number of rotatable bonds is 10. The molecule has 1 amide bonds. The Balaban J connectivity index is 0.00000392. The van der Waals surface area contributed by atoms with Gasteiger partial charge in [-0.25, -0.2) is 0 Å². The maximum Gasteiger partial charge on any atom is 0.244 e. The third kappa shape index (κ3) is 8.23. The Morgan fingerprint density at radius 2 is 1.62 bits per heavy atom. The molecule has 3 N–H and O–H groups in total. The number of hydrogen-bond acceptors (Lipinski definition) is 4. The average molecular weight is 442 g/mol. The van der Waals surface area contributed by atoms with Crippen molar-refractivity contribution in [2.75, 3.05) is 26.2 Å². The average Bonchev–Trinajstić information content (AvgIpc) is 2.71. The normalized spacial score (nSPS) is 12.3. The number of nitrogens with one attached hydrogen (secondary N) is 1. The van der Waals surface area contributed by atoms with Crippen LogP contribution in [0.5, 0.6) is 5.75 Å². The van der Waals surface area contributed by atoms with Crippen LogP contribution in [0.1, 0.15) is 31.9 Å². The van der Waals surface area contributed by atoms with E-state index in [1.54, 1.807) is 6.92 Å². The standard InChI is InChI=1S/C22H31N3O2.2ClH/c1-4-25(5-2)15-16-27-20-13-11-18(12-14-20)17-24-21(26)22(3,23)19-9-7-6-8-10-19;;/h6-14H,4-5,15-17,23H2,1-3H3,(H,24,26);2*1H. The first-order valence-electron chi connectivity index (χ1n) is 9.54. The Morgan fingerprint density at radius 1 is 1.03 bits per heavy atom. The molecule has 2 aromatic rings. The van der Waals surface area contributed by atoms with E-state index in [-0.39, 0.29) is 30.7 Å². The Bertz CT molecular complexity index is 706. The number of nitrogens with two attached hydrogens (primary N) is 1. The molecule has 0 bridgehead atoms. The molecule has 0 fully saturated rings. The van der Waals surface area contributed by atoms with Gasteiger partial charge in [0.15, 0.2) is 0 Å². The third-order valence-corrected chi connectivity index (χ3v) is 4.79. The Labute approximate surface area is 186 Å². The van der Waals surface area contributed by atoms with E-state index in [0.717, 1.165) is 36.5 Å². The van der Waals surface area contributed by atoms with Crippen molar-refractivity contribution in [2.24, 2.45) is 5.73 Å². The molecule has 1 unspecified atom stereocenters. The zero-order valence-corrected chi connectivity index (χ0v) is 19.0. The van der Waals surface area contributed by atoms with Crippen LogP contribution in [-0.4, -0.2) is 37.0 Å². The molecule has 162 valence electrons. The van der Waals surface area contributed by atoms with Crippen LogP contribution in [0.4, 0.5) is 0 Å². The highest BCUT2D eigenvalue weighted by Gasteiger charge is 2.29. The quantitative estimate of drug-likeness (QED) is 0.588. The summed E-state index contributed by atoms with van der Waals surface area (Å²) in [6.07, 6.45) is 0. The second-order valence-electron chi connectivity index (χ2n) is 6.77. The molecular formula is C22H33Cl2N3O2. The lowest BCUT2D eigenvalue weighted by atomic mass is 9.92. The van der Waals surface area contributed by atoms with E-state index >= 15 is 0 Å². The first-order chi connectivity index (χ1) is 13.0. The van der Waals surface area contributed by atoms with Gasteiger partial charge in [0.05, 0.1) is 0 Å². The summed E-state index contributed by atoms with van der Waals surface area (Å²) in [5, 5.41) is 2.92. The lowest BCUT2D eigenvalue weighted by Crippen LogP contribution is -2.48. The molecule has 2 rings (SSSR count). The summed E-state index contributed by atoms with van der Waals surface area (Å²) in [5.74, 6) is 0.637. The van der Waals surface area contributed by atoms with Crippen molar-refractivity contribution in [2.45, 2.75) is 32.9 Å². The number of likely N-dealkylation sites (N-methyl/N-ethyl adjacent to an activating group) is 1. The van der Waals surface area contributed by atoms with E-state index < -0.39 is 5.54 Å². The van der Waals surface area contributed by atoms with Gasteiger partial charge in [0, 0.05) is 13.1 Å². The molecule has 0 spiro atoms. The molecule has 0 radical (unpaired) electrons. The van der Waals surface area contributed by atoms with E-state index in [4.69, 9.17) is 10.5 Å². The van der Waals surface area contributed by atoms with Gasteiger partial charge < -0.3 is 20.7 Å². The molecule has 2 aromatic carbocycles. The summed E-state index contributed by atoms with van der Waals surface area (Å²) in [6.45, 7) is 10.1. The van der Waals surface area contributed by atoms with Crippen LogP contribution in [0.3, 0.4) is 0 Å². The fourth-order valence-electron chi connectivity index (χ4n) is 2.82. The minimum Gasteiger partial charge on any atom is -0.492 e. The number of nitrogens with zero attached hydrogens (tertiary/aromatic N) is 1. The molecule has 0 aromatic heterocycles. The van der Waals surface area contributed by atoms with Gasteiger partial charge in [-0.1, -0.05) is 56.3 Å². The smallest absolute Gasteiger partial charge is 0.244 e. The van der Waals surface area contributed by atoms with Gasteiger partial charge in [-0.2, -0.15) is 0 Å². The maximum absolute atomic E-state index is 12.5. The van der Waals surface area contributed by atoms with E-state index in [9.17, 15) is 4.79 Å². The Hall–Kier alpha value is -1.79. The highest BCUT2D eigenvalue weighted by molar-refractivity contribution is 5.87. The minimum absolute atomic E-state index is 0. The summed E-state index contributed by atoms with van der Waals surface area (Å²) < 4.78 is 5.78. The molecule has 7 heteroatoms. The lowest BCUT2D eigenvalue weighted by molar-refractivity contribution is -0.126. The van der Waals surface area contributed by atoms with Crippen LogP contribution in [0, 0.1) is 0 Å². The molecule has 0 aliphatic carbocycles. The van der Waals surface area contributed by atoms with Crippen LogP contribution >= 0.6 is 24.8 Å². The van der Waals surface area contributed by atoms with E-state index in [0.29, 0.717) is 13.2 Å². The van der Waals surface area contributed by atoms with E-state index in [2.05, 4.69) is 24.1 Å². The molecule has 0 heterocycles. The number of carbonyl (C=O) groups is 1. The van der Waals surface area contributed by atoms with Crippen molar-refractivity contribution >= 4 is 30.7 Å². The van der Waals surface area contributed by atoms with Crippen molar-refractivity contribution in [3.63, 3.8) is 0 Å². The topological polar surface area (TPSA) is 67.6 Å². The first kappa shape index (κ1) is 27.2. The first-order valence-corrected chi connectivity index (χ1v) is 9.54. The summed E-state index contributed by atoms with van der Waals surface area (Å²) in [4.78, 5) is 14.8. The van der Waals surface area contributed by atoms with Gasteiger partial charge in [-0.3, -0.25) is 4.79 Å². The number of halogens is 2. The summed E-state index contributed by atoms with van der Waals surface area (Å²) in [5.41, 5.74) is 6.97. The fraction of sp³-hybridized carbons (Fsp3) is 0.409. The fourth-order valence-corrected chi connectivity index (χ4v) is 2.82. The lowest BCUT2D eigenvalue weighted by Gasteiger charge is -2.24. The van der Waals surface area contributed by atoms with Crippen molar-refractivity contribution in [3.05, 3.63) is 65.7 Å². The molecule has 29 heavy (non-hydrogen) atoms. The SMILES string of the molecule is CCN(CC)CCOc1ccc(CNC(=O)C(C)(N)c2ccccc2)cc1.Cl.Cl. The third-order valence-electron chi connectivity index (χ3n) is 4.79. The predicted octanol–water partition coefficient (Wildman–Crippen LogP) is 3.74. The molecule has 0 saturated carbocycles. The summed E-state index contributed by atoms with van der Waals surface area (Å²) in [7, 11) is 0. The van der Waals surface area contributed by atoms with E-state index in [1.165, 1.54) is 0 Å². The number of amides is 1. The molecular weight excluding hydrogens is 409 g/mol. The van der Waals surface area contributed by atoms with Gasteiger partial charge in [-0.05, 0) is 43.3 Å². The zero-order valence-electron chi connectivity index (χ0n) is 17.4. The highest BCUT2D eigenvalue weighted by Crippen LogP contribution is 2.18. The molecule has 0 aliphatic heterocycles. The van der Waals surface area contributed by atoms with Crippen LogP contribution < -0.4 is 15.8 Å². The zero-order chi connectivity index (χ0) is 19.7. The van der Waals surface area contributed by atoms with Gasteiger partial charge in [0.2, 0.25) is 5.91 Å². The highest BCUT2D eigenvalue weighted by atomic mass is 35.5. The Kier molecular flexibility index (Phi) is 12.6. The van der Waals surface area contributed by atoms with Gasteiger partial charge in [-0.15, -0.1) is 24.8 Å². The summed E-state index contributed by atoms with van der Waals surface area (Å²) >= 11 is 0. The molecule has 0 saturated heterocycles. The predicted molar refractivity (Wildman–Crippen MR) is 124 cm³/mol. The van der Waals surface area contributed by atoms with Crippen molar-refractivity contribution in [1.82, 2.24) is 10.2 Å². The van der Waals surface area contributed by atoms with Crippen LogP contribution in [0.15, 0.2) is 54.6 Å². The monoisotopic (exact) mass is 441 g/mol. The summed E-state index contributed by atoms with van der Waals surface area (Å²) in [6, 6.07) is 17.2. The Morgan fingerprint density at radius 3 is 2.17 bits per heavy atom. The molecule has 0 aliphatic rings. The van der Waals surface area contributed by atoms with Gasteiger partial charge >= 0.3 is 0 Å². The van der Waals surface area contributed by atoms with Crippen molar-refractivity contribution in [3.8, 4) is 5.75 Å². The molecule has 5 nitrogen and oxygen atoms in total. The van der Waals surface area contributed by atoms with Crippen LogP contribution in [-0.2, 0) is 16.9 Å². The minimum atomic E-state index is -1.06. The molecule has 1 atom stereocenters. The number of carbonyl (C=O) groups excluding carboxylic acids is 1. The van der Waals surface area contributed by atoms with E-state index in [1.807, 2.05) is 54.6 Å².